The number of carbonyl (C=O) groups is 1. The fourth-order valence-electron chi connectivity index (χ4n) is 5.04. The van der Waals surface area contributed by atoms with Crippen LogP contribution in [0, 0.1) is 5.82 Å². The van der Waals surface area contributed by atoms with E-state index in [-0.39, 0.29) is 47.4 Å². The topological polar surface area (TPSA) is 108 Å². The lowest BCUT2D eigenvalue weighted by Gasteiger charge is -2.34. The molecule has 5 rings (SSSR count). The van der Waals surface area contributed by atoms with Crippen molar-refractivity contribution in [2.24, 2.45) is 0 Å². The molecule has 3 aromatic rings. The highest BCUT2D eigenvalue weighted by Crippen LogP contribution is 2.41. The second kappa shape index (κ2) is 14.0. The van der Waals surface area contributed by atoms with Crippen LogP contribution in [-0.2, 0) is 15.8 Å². The first-order chi connectivity index (χ1) is 22.3. The molecule has 2 atom stereocenters. The van der Waals surface area contributed by atoms with E-state index in [1.807, 2.05) is 11.9 Å². The number of hydrogen-bond acceptors (Lipinski definition) is 10. The monoisotopic (exact) mass is 670 g/mol. The Labute approximate surface area is 263 Å². The number of hydroxylamine groups is 1. The first-order valence-electron chi connectivity index (χ1n) is 14.2. The summed E-state index contributed by atoms with van der Waals surface area (Å²) >= 11 is 0. The van der Waals surface area contributed by atoms with Crippen molar-refractivity contribution in [3.05, 3.63) is 66.3 Å². The van der Waals surface area contributed by atoms with Gasteiger partial charge in [-0.3, -0.25) is 9.63 Å². The Morgan fingerprint density at radius 2 is 1.87 bits per heavy atom. The Bertz CT molecular complexity index is 1600. The van der Waals surface area contributed by atoms with Gasteiger partial charge in [0.25, 0.3) is 6.36 Å². The number of alkyl halides is 6. The third kappa shape index (κ3) is 7.65. The van der Waals surface area contributed by atoms with Gasteiger partial charge in [0.05, 0.1) is 23.9 Å². The lowest BCUT2D eigenvalue weighted by atomic mass is 10.0. The highest BCUT2D eigenvalue weighted by molar-refractivity contribution is 6.01. The molecule has 1 amide bonds. The van der Waals surface area contributed by atoms with E-state index in [1.165, 1.54) is 18.2 Å². The van der Waals surface area contributed by atoms with Gasteiger partial charge >= 0.3 is 12.6 Å². The van der Waals surface area contributed by atoms with Crippen LogP contribution in [-0.4, -0.2) is 78.4 Å². The van der Waals surface area contributed by atoms with Crippen LogP contribution in [0.2, 0.25) is 0 Å². The van der Waals surface area contributed by atoms with Crippen molar-refractivity contribution in [1.82, 2.24) is 19.9 Å². The maximum absolute atomic E-state index is 15.0. The minimum atomic E-state index is -4.92. The van der Waals surface area contributed by atoms with Gasteiger partial charge < -0.3 is 25.2 Å². The smallest absolute Gasteiger partial charge is 0.419 e. The molecule has 4 heterocycles. The molecule has 2 saturated heterocycles. The van der Waals surface area contributed by atoms with Crippen LogP contribution in [0.25, 0.3) is 0 Å². The van der Waals surface area contributed by atoms with Crippen LogP contribution in [0.5, 0.6) is 5.88 Å². The zero-order valence-electron chi connectivity index (χ0n) is 24.8. The average Bonchev–Trinajstić information content (AvgIpc) is 3.52. The molecule has 252 valence electrons. The number of ether oxygens (including phenoxy) is 1. The number of hydrogen-bond donors (Lipinski definition) is 2. The molecule has 0 radical (unpaired) electrons. The molecule has 0 saturated carbocycles. The summed E-state index contributed by atoms with van der Waals surface area (Å²) < 4.78 is 101. The van der Waals surface area contributed by atoms with E-state index >= 15 is 4.39 Å². The minimum Gasteiger partial charge on any atom is -0.435 e. The van der Waals surface area contributed by atoms with Crippen molar-refractivity contribution in [3.63, 3.8) is 0 Å². The number of aromatic nitrogens is 3. The molecular weight excluding hydrogens is 641 g/mol. The number of rotatable bonds is 10. The number of halogens is 7. The van der Waals surface area contributed by atoms with E-state index < -0.39 is 48.2 Å². The van der Waals surface area contributed by atoms with Crippen molar-refractivity contribution in [1.29, 1.82) is 0 Å². The van der Waals surface area contributed by atoms with Gasteiger partial charge in [0.2, 0.25) is 11.8 Å². The van der Waals surface area contributed by atoms with E-state index in [1.54, 1.807) is 4.90 Å². The van der Waals surface area contributed by atoms with Crippen LogP contribution in [0.15, 0.2) is 49.3 Å². The van der Waals surface area contributed by atoms with Crippen LogP contribution in [0.3, 0.4) is 0 Å². The standard InChI is InChI=1S/C29H29F7N8O3/c1-3-23(45)40-18-13-19(28(47-26(33)25(31)32)41-27(18)43-10-8-42(2)9-11-43)39-21-14-22(38-15-37-21)44-20(7-12-46-44)16-5-4-6-17(24(16)30)29(34,35)36/h3-6,13-15,20,25-26H,1,7-12H2,2H3,(H,40,45)(H,37,38,39). The van der Waals surface area contributed by atoms with E-state index in [4.69, 9.17) is 9.57 Å². The van der Waals surface area contributed by atoms with Crippen molar-refractivity contribution in [2.45, 2.75) is 31.4 Å². The highest BCUT2D eigenvalue weighted by Gasteiger charge is 2.38. The number of benzene rings is 1. The summed E-state index contributed by atoms with van der Waals surface area (Å²) in [5.74, 6) is -2.54. The van der Waals surface area contributed by atoms with E-state index in [0.717, 1.165) is 23.5 Å². The zero-order chi connectivity index (χ0) is 33.9. The Morgan fingerprint density at radius 1 is 1.13 bits per heavy atom. The third-order valence-corrected chi connectivity index (χ3v) is 7.37. The molecule has 2 aliphatic heterocycles. The fourth-order valence-corrected chi connectivity index (χ4v) is 5.04. The number of amides is 1. The molecule has 11 nitrogen and oxygen atoms in total. The molecule has 2 unspecified atom stereocenters. The molecule has 2 fully saturated rings. The van der Waals surface area contributed by atoms with E-state index in [0.29, 0.717) is 32.2 Å². The first kappa shape index (κ1) is 33.6. The minimum absolute atomic E-state index is 0.00225. The Balaban J connectivity index is 1.50. The van der Waals surface area contributed by atoms with Gasteiger partial charge in [-0.15, -0.1) is 0 Å². The quantitative estimate of drug-likeness (QED) is 0.213. The van der Waals surface area contributed by atoms with Crippen LogP contribution >= 0.6 is 0 Å². The van der Waals surface area contributed by atoms with Gasteiger partial charge in [-0.2, -0.15) is 22.5 Å². The summed E-state index contributed by atoms with van der Waals surface area (Å²) in [6.45, 7) is 5.58. The van der Waals surface area contributed by atoms with Gasteiger partial charge in [-0.1, -0.05) is 18.7 Å². The molecule has 2 aliphatic rings. The average molecular weight is 671 g/mol. The van der Waals surface area contributed by atoms with Gasteiger partial charge in [0, 0.05) is 44.2 Å². The molecule has 18 heteroatoms. The van der Waals surface area contributed by atoms with Crippen LogP contribution in [0.4, 0.5) is 59.6 Å². The van der Waals surface area contributed by atoms with E-state index in [2.05, 4.69) is 32.2 Å². The summed E-state index contributed by atoms with van der Waals surface area (Å²) in [6, 6.07) is 4.52. The molecule has 0 bridgehead atoms. The molecule has 2 aromatic heterocycles. The number of nitrogens with zero attached hydrogens (tertiary/aromatic N) is 6. The van der Waals surface area contributed by atoms with Crippen LogP contribution < -0.4 is 25.3 Å². The normalized spacial score (nSPS) is 17.9. The van der Waals surface area contributed by atoms with Gasteiger partial charge in [0.1, 0.15) is 23.6 Å². The second-order valence-electron chi connectivity index (χ2n) is 10.6. The van der Waals surface area contributed by atoms with Crippen molar-refractivity contribution in [2.75, 3.05) is 60.4 Å². The Kier molecular flexibility index (Phi) is 9.99. The number of carbonyl (C=O) groups excluding carboxylic acids is 1. The summed E-state index contributed by atoms with van der Waals surface area (Å²) in [6.07, 6.45) is -9.30. The van der Waals surface area contributed by atoms with Gasteiger partial charge in [-0.05, 0) is 25.3 Å². The van der Waals surface area contributed by atoms with Gasteiger partial charge in [-0.25, -0.2) is 28.2 Å². The van der Waals surface area contributed by atoms with E-state index in [9.17, 15) is 31.1 Å². The summed E-state index contributed by atoms with van der Waals surface area (Å²) in [7, 11) is 1.91. The van der Waals surface area contributed by atoms with Gasteiger partial charge in [0.15, 0.2) is 11.6 Å². The highest BCUT2D eigenvalue weighted by atomic mass is 19.4. The third-order valence-electron chi connectivity index (χ3n) is 7.37. The number of piperazine rings is 1. The maximum atomic E-state index is 15.0. The zero-order valence-corrected chi connectivity index (χ0v) is 24.8. The number of nitrogens with one attached hydrogen (secondary N) is 2. The summed E-state index contributed by atoms with van der Waals surface area (Å²) in [4.78, 5) is 34.2. The molecule has 1 aromatic carbocycles. The lowest BCUT2D eigenvalue weighted by molar-refractivity contribution is -0.140. The van der Waals surface area contributed by atoms with Crippen molar-refractivity contribution < 1.29 is 45.1 Å². The largest absolute Gasteiger partial charge is 0.435 e. The van der Waals surface area contributed by atoms with Crippen LogP contribution in [0.1, 0.15) is 23.6 Å². The second-order valence-corrected chi connectivity index (χ2v) is 10.6. The number of pyridine rings is 1. The molecule has 2 N–H and O–H groups in total. The lowest BCUT2D eigenvalue weighted by Crippen LogP contribution is -2.45. The predicted octanol–water partition coefficient (Wildman–Crippen LogP) is 5.47. The molecule has 47 heavy (non-hydrogen) atoms. The summed E-state index contributed by atoms with van der Waals surface area (Å²) in [5, 5.41) is 6.52. The predicted molar refractivity (Wildman–Crippen MR) is 157 cm³/mol. The Morgan fingerprint density at radius 3 is 2.55 bits per heavy atom. The number of anilines is 5. The van der Waals surface area contributed by atoms with Crippen molar-refractivity contribution >= 4 is 34.7 Å². The first-order valence-corrected chi connectivity index (χ1v) is 14.2. The molecule has 0 aliphatic carbocycles. The molecule has 0 spiro atoms. The summed E-state index contributed by atoms with van der Waals surface area (Å²) in [5.41, 5.74) is -1.76. The SMILES string of the molecule is C=CC(=O)Nc1cc(Nc2cc(N3OCCC3c3cccc(C(F)(F)F)c3F)ncn2)c(OC(F)C(F)F)nc1N1CCN(C)CC1. The van der Waals surface area contributed by atoms with Crippen molar-refractivity contribution in [3.8, 4) is 5.88 Å². The fraction of sp³-hybridized carbons (Fsp3) is 0.379. The Hall–Kier alpha value is -4.71. The molecular formula is C29H29F7N8O3. The number of likely N-dealkylation sites (N-methyl/N-ethyl adjacent to an activating group) is 1. The maximum Gasteiger partial charge on any atom is 0.419 e.